The Kier molecular flexibility index (Phi) is 3.72. The fraction of sp³-hybridized carbons (Fsp3) is 0.667. The van der Waals surface area contributed by atoms with Gasteiger partial charge >= 0.3 is 5.97 Å². The normalized spacial score (nSPS) is 28.1. The molecule has 2 aliphatic heterocycles. The summed E-state index contributed by atoms with van der Waals surface area (Å²) in [5.41, 5.74) is 0.117. The molecule has 0 spiro atoms. The minimum atomic E-state index is -0.789. The molecule has 2 fully saturated rings. The van der Waals surface area contributed by atoms with Crippen LogP contribution < -0.4 is 0 Å². The van der Waals surface area contributed by atoms with Gasteiger partial charge in [-0.1, -0.05) is 0 Å². The Bertz CT molecular complexity index is 630. The Hall–Kier alpha value is -1.47. The second-order valence-corrected chi connectivity index (χ2v) is 7.84. The molecule has 0 aromatic carbocycles. The van der Waals surface area contributed by atoms with Crippen LogP contribution in [-0.2, 0) is 16.0 Å². The molecular weight excluding hydrogens is 302 g/mol. The Labute approximate surface area is 133 Å². The number of carboxylic acid groups (broad SMARTS) is 1. The smallest absolute Gasteiger partial charge is 0.313 e. The second kappa shape index (κ2) is 5.31. The molecule has 2 atom stereocenters. The maximum Gasteiger partial charge on any atom is 0.313 e. The van der Waals surface area contributed by atoms with Crippen LogP contribution in [0, 0.1) is 25.2 Å². The number of likely N-dealkylation sites (tertiary alicyclic amines) is 2. The Morgan fingerprint density at radius 2 is 2.09 bits per heavy atom. The third kappa shape index (κ3) is 2.42. The monoisotopic (exact) mass is 323 g/mol. The molecule has 1 aromatic rings. The van der Waals surface area contributed by atoms with Gasteiger partial charge in [0, 0.05) is 37.0 Å². The Balaban J connectivity index is 1.74. The van der Waals surface area contributed by atoms with Gasteiger partial charge in [-0.15, -0.1) is 11.3 Å². The first-order valence-corrected chi connectivity index (χ1v) is 8.26. The molecule has 0 radical (unpaired) electrons. The van der Waals surface area contributed by atoms with Gasteiger partial charge in [-0.2, -0.15) is 0 Å². The average molecular weight is 323 g/mol. The van der Waals surface area contributed by atoms with E-state index in [1.165, 1.54) is 0 Å². The molecule has 1 aromatic heterocycles. The second-order valence-electron chi connectivity index (χ2n) is 6.55. The molecule has 3 rings (SSSR count). The molecule has 6 nitrogen and oxygen atoms in total. The van der Waals surface area contributed by atoms with Gasteiger partial charge in [-0.05, 0) is 20.9 Å². The van der Waals surface area contributed by atoms with E-state index in [-0.39, 0.29) is 11.8 Å². The molecule has 1 N–H and O–H groups in total. The lowest BCUT2D eigenvalue weighted by molar-refractivity contribution is -0.149. The summed E-state index contributed by atoms with van der Waals surface area (Å²) >= 11 is 1.55. The van der Waals surface area contributed by atoms with E-state index >= 15 is 0 Å². The molecular formula is C15H21N3O3S. The predicted molar refractivity (Wildman–Crippen MR) is 82.9 cm³/mol. The van der Waals surface area contributed by atoms with Crippen LogP contribution >= 0.6 is 11.3 Å². The van der Waals surface area contributed by atoms with Crippen LogP contribution in [0.4, 0.5) is 0 Å². The number of hydrogen-bond acceptors (Lipinski definition) is 5. The van der Waals surface area contributed by atoms with Gasteiger partial charge in [0.25, 0.3) is 0 Å². The van der Waals surface area contributed by atoms with Crippen LogP contribution in [0.5, 0.6) is 0 Å². The average Bonchev–Trinajstić information content (AvgIpc) is 3.00. The third-order valence-corrected chi connectivity index (χ3v) is 5.94. The minimum absolute atomic E-state index is 0.0180. The molecule has 22 heavy (non-hydrogen) atoms. The summed E-state index contributed by atoms with van der Waals surface area (Å²) in [5.74, 6) is -0.727. The van der Waals surface area contributed by atoms with Crippen molar-refractivity contribution in [3.63, 3.8) is 0 Å². The van der Waals surface area contributed by atoms with E-state index in [1.54, 1.807) is 16.2 Å². The number of aliphatic carboxylic acids is 1. The van der Waals surface area contributed by atoms with E-state index in [2.05, 4.69) is 9.88 Å². The summed E-state index contributed by atoms with van der Waals surface area (Å²) < 4.78 is 0. The highest BCUT2D eigenvalue weighted by molar-refractivity contribution is 7.11. The first kappa shape index (κ1) is 15.4. The predicted octanol–water partition coefficient (Wildman–Crippen LogP) is 0.777. The zero-order valence-electron chi connectivity index (χ0n) is 13.1. The van der Waals surface area contributed by atoms with Gasteiger partial charge in [0.05, 0.1) is 17.1 Å². The van der Waals surface area contributed by atoms with Crippen LogP contribution in [0.25, 0.3) is 0 Å². The Morgan fingerprint density at radius 1 is 1.36 bits per heavy atom. The van der Waals surface area contributed by atoms with Crippen LogP contribution in [-0.4, -0.2) is 65.0 Å². The maximum absolute atomic E-state index is 12.6. The van der Waals surface area contributed by atoms with Gasteiger partial charge in [-0.25, -0.2) is 4.98 Å². The number of aromatic nitrogens is 1. The number of carbonyl (C=O) groups excluding carboxylic acids is 1. The van der Waals surface area contributed by atoms with Crippen LogP contribution in [0.15, 0.2) is 0 Å². The zero-order chi connectivity index (χ0) is 16.1. The van der Waals surface area contributed by atoms with E-state index in [9.17, 15) is 14.7 Å². The highest BCUT2D eigenvalue weighted by atomic mass is 32.1. The SMILES string of the molecule is Cc1nc(C)c(CC(=O)N2C[C@@H]3CN(C)C[C@]3(C(=O)O)C2)s1. The lowest BCUT2D eigenvalue weighted by atomic mass is 9.81. The first-order chi connectivity index (χ1) is 10.3. The molecule has 3 heterocycles. The molecule has 7 heteroatoms. The molecule has 0 aliphatic carbocycles. The molecule has 1 amide bonds. The molecule has 0 unspecified atom stereocenters. The minimum Gasteiger partial charge on any atom is -0.481 e. The van der Waals surface area contributed by atoms with E-state index in [4.69, 9.17) is 0 Å². The number of rotatable bonds is 3. The summed E-state index contributed by atoms with van der Waals surface area (Å²) in [7, 11) is 1.94. The van der Waals surface area contributed by atoms with Crippen LogP contribution in [0.2, 0.25) is 0 Å². The maximum atomic E-state index is 12.6. The van der Waals surface area contributed by atoms with Crippen molar-refractivity contribution in [2.75, 3.05) is 33.2 Å². The van der Waals surface area contributed by atoms with Crippen molar-refractivity contribution in [3.8, 4) is 0 Å². The van der Waals surface area contributed by atoms with E-state index in [1.807, 2.05) is 20.9 Å². The number of hydrogen-bond donors (Lipinski definition) is 1. The third-order valence-electron chi connectivity index (χ3n) is 4.87. The van der Waals surface area contributed by atoms with Crippen LogP contribution in [0.3, 0.4) is 0 Å². The van der Waals surface area contributed by atoms with Crippen molar-refractivity contribution in [3.05, 3.63) is 15.6 Å². The fourth-order valence-corrected chi connectivity index (χ4v) is 4.72. The number of aryl methyl sites for hydroxylation is 2. The standard InChI is InChI=1S/C15H21N3O3S/c1-9-12(22-10(2)16-9)4-13(19)18-6-11-5-17(3)7-15(11,8-18)14(20)21/h11H,4-8H2,1-3H3,(H,20,21)/t11-,15-/m0/s1. The summed E-state index contributed by atoms with van der Waals surface area (Å²) in [6.45, 7) is 5.99. The molecule has 2 saturated heterocycles. The molecule has 120 valence electrons. The quantitative estimate of drug-likeness (QED) is 0.890. The van der Waals surface area contributed by atoms with Gasteiger partial charge in [0.2, 0.25) is 5.91 Å². The highest BCUT2D eigenvalue weighted by Crippen LogP contribution is 2.42. The lowest BCUT2D eigenvalue weighted by Gasteiger charge is -2.24. The summed E-state index contributed by atoms with van der Waals surface area (Å²) in [6.07, 6.45) is 0.329. The summed E-state index contributed by atoms with van der Waals surface area (Å²) in [6, 6.07) is 0. The van der Waals surface area contributed by atoms with Crippen molar-refractivity contribution >= 4 is 23.2 Å². The number of carboxylic acids is 1. The lowest BCUT2D eigenvalue weighted by Crippen LogP contribution is -2.41. The summed E-state index contributed by atoms with van der Waals surface area (Å²) in [4.78, 5) is 33.4. The van der Waals surface area contributed by atoms with Gasteiger partial charge < -0.3 is 14.9 Å². The number of fused-ring (bicyclic) bond motifs is 1. The van der Waals surface area contributed by atoms with Crippen molar-refractivity contribution in [1.82, 2.24) is 14.8 Å². The number of carbonyl (C=O) groups is 2. The van der Waals surface area contributed by atoms with Gasteiger partial charge in [-0.3, -0.25) is 9.59 Å². The van der Waals surface area contributed by atoms with Gasteiger partial charge in [0.1, 0.15) is 5.41 Å². The molecule has 0 bridgehead atoms. The molecule has 0 saturated carbocycles. The number of nitrogens with zero attached hydrogens (tertiary/aromatic N) is 3. The van der Waals surface area contributed by atoms with Crippen LogP contribution in [0.1, 0.15) is 15.6 Å². The van der Waals surface area contributed by atoms with Gasteiger partial charge in [0.15, 0.2) is 0 Å². The van der Waals surface area contributed by atoms with Crippen molar-refractivity contribution in [2.24, 2.45) is 11.3 Å². The van der Waals surface area contributed by atoms with Crippen molar-refractivity contribution in [1.29, 1.82) is 0 Å². The van der Waals surface area contributed by atoms with Crippen molar-refractivity contribution in [2.45, 2.75) is 20.3 Å². The zero-order valence-corrected chi connectivity index (χ0v) is 13.9. The van der Waals surface area contributed by atoms with E-state index < -0.39 is 11.4 Å². The highest BCUT2D eigenvalue weighted by Gasteiger charge is 2.57. The van der Waals surface area contributed by atoms with E-state index in [0.717, 1.165) is 22.1 Å². The van der Waals surface area contributed by atoms with E-state index in [0.29, 0.717) is 26.1 Å². The topological polar surface area (TPSA) is 73.7 Å². The summed E-state index contributed by atoms with van der Waals surface area (Å²) in [5, 5.41) is 10.6. The first-order valence-electron chi connectivity index (χ1n) is 7.44. The number of thiazole rings is 1. The number of amides is 1. The fourth-order valence-electron chi connectivity index (χ4n) is 3.80. The van der Waals surface area contributed by atoms with Crippen molar-refractivity contribution < 1.29 is 14.7 Å². The Morgan fingerprint density at radius 3 is 2.64 bits per heavy atom. The molecule has 2 aliphatic rings. The largest absolute Gasteiger partial charge is 0.481 e.